The van der Waals surface area contributed by atoms with E-state index in [1.165, 1.54) is 44.9 Å². The number of aliphatic hydroxyl groups is 2. The van der Waals surface area contributed by atoms with Gasteiger partial charge in [0.1, 0.15) is 17.1 Å². The SMILES string of the molecule is Cc1c(C)c2c(c(C)c1OC(=O)OC(CO)CO)CCC(C)(CCCC(C)CCCC(C)CCCC(C)C)O2. The fourth-order valence-corrected chi connectivity index (χ4v) is 5.79. The largest absolute Gasteiger partial charge is 0.514 e. The van der Waals surface area contributed by atoms with Gasteiger partial charge in [0.15, 0.2) is 6.10 Å². The summed E-state index contributed by atoms with van der Waals surface area (Å²) in [7, 11) is 0. The third kappa shape index (κ3) is 10.3. The maximum atomic E-state index is 12.3. The maximum Gasteiger partial charge on any atom is 0.514 e. The van der Waals surface area contributed by atoms with Gasteiger partial charge in [-0.25, -0.2) is 4.79 Å². The second-order valence-electron chi connectivity index (χ2n) is 12.9. The molecule has 2 rings (SSSR count). The first-order chi connectivity index (χ1) is 18.4. The number of benzene rings is 1. The van der Waals surface area contributed by atoms with Gasteiger partial charge in [-0.2, -0.15) is 0 Å². The van der Waals surface area contributed by atoms with Crippen molar-refractivity contribution in [3.05, 3.63) is 22.3 Å². The van der Waals surface area contributed by atoms with Gasteiger partial charge < -0.3 is 24.4 Å². The van der Waals surface area contributed by atoms with Crippen LogP contribution in [0.4, 0.5) is 4.79 Å². The molecule has 6 heteroatoms. The van der Waals surface area contributed by atoms with Gasteiger partial charge in [-0.05, 0) is 87.8 Å². The number of carbonyl (C=O) groups excluding carboxylic acids is 1. The van der Waals surface area contributed by atoms with E-state index in [1.54, 1.807) is 0 Å². The van der Waals surface area contributed by atoms with Crippen LogP contribution in [0.3, 0.4) is 0 Å². The lowest BCUT2D eigenvalue weighted by molar-refractivity contribution is 0.000948. The molecule has 0 spiro atoms. The molecule has 1 heterocycles. The Morgan fingerprint density at radius 2 is 1.44 bits per heavy atom. The number of carbonyl (C=O) groups is 1. The Morgan fingerprint density at radius 1 is 0.872 bits per heavy atom. The van der Waals surface area contributed by atoms with Crippen molar-refractivity contribution in [2.75, 3.05) is 13.2 Å². The molecule has 6 nitrogen and oxygen atoms in total. The Bertz CT molecular complexity index is 906. The summed E-state index contributed by atoms with van der Waals surface area (Å²) in [5.41, 5.74) is 3.57. The average molecular weight is 549 g/mol. The van der Waals surface area contributed by atoms with E-state index in [-0.39, 0.29) is 5.60 Å². The second kappa shape index (κ2) is 15.9. The first-order valence-corrected chi connectivity index (χ1v) is 15.3. The lowest BCUT2D eigenvalue weighted by Crippen LogP contribution is -2.37. The maximum absolute atomic E-state index is 12.3. The highest BCUT2D eigenvalue weighted by molar-refractivity contribution is 5.68. The molecule has 0 saturated heterocycles. The van der Waals surface area contributed by atoms with Gasteiger partial charge in [-0.15, -0.1) is 0 Å². The summed E-state index contributed by atoms with van der Waals surface area (Å²) >= 11 is 0. The topological polar surface area (TPSA) is 85.2 Å². The smallest absolute Gasteiger partial charge is 0.487 e. The highest BCUT2D eigenvalue weighted by atomic mass is 16.7. The molecule has 0 aliphatic carbocycles. The lowest BCUT2D eigenvalue weighted by Gasteiger charge is -2.38. The van der Waals surface area contributed by atoms with Crippen LogP contribution < -0.4 is 9.47 Å². The summed E-state index contributed by atoms with van der Waals surface area (Å²) in [6, 6.07) is 0. The molecule has 39 heavy (non-hydrogen) atoms. The normalized spacial score (nSPS) is 18.6. The Balaban J connectivity index is 1.88. The Morgan fingerprint density at radius 3 is 2.00 bits per heavy atom. The molecule has 3 unspecified atom stereocenters. The van der Waals surface area contributed by atoms with Crippen LogP contribution in [0.15, 0.2) is 0 Å². The highest BCUT2D eigenvalue weighted by Crippen LogP contribution is 2.45. The Kier molecular flexibility index (Phi) is 13.6. The van der Waals surface area contributed by atoms with Crippen molar-refractivity contribution in [3.63, 3.8) is 0 Å². The van der Waals surface area contributed by atoms with Crippen LogP contribution in [0.2, 0.25) is 0 Å². The zero-order valence-electron chi connectivity index (χ0n) is 26.0. The van der Waals surface area contributed by atoms with Crippen molar-refractivity contribution in [3.8, 4) is 11.5 Å². The third-order valence-electron chi connectivity index (χ3n) is 8.69. The van der Waals surface area contributed by atoms with Crippen molar-refractivity contribution in [1.29, 1.82) is 0 Å². The second-order valence-corrected chi connectivity index (χ2v) is 12.9. The minimum atomic E-state index is -0.994. The zero-order chi connectivity index (χ0) is 29.2. The molecule has 0 bridgehead atoms. The van der Waals surface area contributed by atoms with Crippen molar-refractivity contribution in [1.82, 2.24) is 0 Å². The monoisotopic (exact) mass is 548 g/mol. The van der Waals surface area contributed by atoms with E-state index in [9.17, 15) is 15.0 Å². The first kappa shape index (κ1) is 33.4. The summed E-state index contributed by atoms with van der Waals surface area (Å²) in [6.07, 6.45) is 11.4. The summed E-state index contributed by atoms with van der Waals surface area (Å²) in [5, 5.41) is 18.4. The average Bonchev–Trinajstić information content (AvgIpc) is 2.88. The molecule has 1 aromatic carbocycles. The molecule has 224 valence electrons. The molecule has 1 aliphatic heterocycles. The van der Waals surface area contributed by atoms with Gasteiger partial charge in [-0.3, -0.25) is 0 Å². The Labute approximate surface area is 237 Å². The van der Waals surface area contributed by atoms with Crippen LogP contribution in [0, 0.1) is 38.5 Å². The van der Waals surface area contributed by atoms with Crippen molar-refractivity contribution < 1.29 is 29.2 Å². The first-order valence-electron chi connectivity index (χ1n) is 15.3. The van der Waals surface area contributed by atoms with Gasteiger partial charge >= 0.3 is 6.16 Å². The summed E-state index contributed by atoms with van der Waals surface area (Å²) in [6.45, 7) is 16.6. The predicted octanol–water partition coefficient (Wildman–Crippen LogP) is 8.00. The quantitative estimate of drug-likeness (QED) is 0.161. The van der Waals surface area contributed by atoms with Crippen LogP contribution in [-0.4, -0.2) is 41.3 Å². The highest BCUT2D eigenvalue weighted by Gasteiger charge is 2.35. The van der Waals surface area contributed by atoms with Gasteiger partial charge in [0.05, 0.1) is 13.2 Å². The molecular formula is C33H56O6. The molecule has 1 aromatic rings. The van der Waals surface area contributed by atoms with Crippen LogP contribution in [0.5, 0.6) is 11.5 Å². The van der Waals surface area contributed by atoms with Gasteiger partial charge in [0.2, 0.25) is 0 Å². The molecule has 1 aliphatic rings. The standard InChI is InChI=1S/C33H56O6/c1-22(2)12-9-13-23(3)14-10-15-24(4)16-11-18-33(8)19-17-29-27(7)30(25(5)26(6)31(29)39-33)38-32(36)37-28(20-34)21-35/h22-24,28,34-35H,9-21H2,1-8H3. The van der Waals surface area contributed by atoms with Crippen molar-refractivity contribution in [2.24, 2.45) is 17.8 Å². The number of rotatable bonds is 16. The molecule has 0 radical (unpaired) electrons. The summed E-state index contributed by atoms with van der Waals surface area (Å²) in [5.74, 6) is 3.80. The van der Waals surface area contributed by atoms with E-state index < -0.39 is 25.5 Å². The van der Waals surface area contributed by atoms with E-state index >= 15 is 0 Å². The fraction of sp³-hybridized carbons (Fsp3) is 0.788. The third-order valence-corrected chi connectivity index (χ3v) is 8.69. The van der Waals surface area contributed by atoms with Crippen molar-refractivity contribution in [2.45, 2.75) is 138 Å². The summed E-state index contributed by atoms with van der Waals surface area (Å²) < 4.78 is 17.2. The molecule has 0 amide bonds. The van der Waals surface area contributed by atoms with E-state index in [0.29, 0.717) is 5.75 Å². The van der Waals surface area contributed by atoms with Gasteiger partial charge in [0, 0.05) is 5.56 Å². The minimum absolute atomic E-state index is 0.196. The van der Waals surface area contributed by atoms with Crippen LogP contribution in [0.1, 0.15) is 121 Å². The number of fused-ring (bicyclic) bond motifs is 1. The number of aliphatic hydroxyl groups excluding tert-OH is 2. The van der Waals surface area contributed by atoms with Gasteiger partial charge in [0.25, 0.3) is 0 Å². The number of hydrogen-bond donors (Lipinski definition) is 2. The molecule has 2 N–H and O–H groups in total. The molecule has 0 saturated carbocycles. The lowest BCUT2D eigenvalue weighted by atomic mass is 9.83. The van der Waals surface area contributed by atoms with Crippen LogP contribution in [-0.2, 0) is 11.2 Å². The fourth-order valence-electron chi connectivity index (χ4n) is 5.79. The van der Waals surface area contributed by atoms with Crippen LogP contribution >= 0.6 is 0 Å². The van der Waals surface area contributed by atoms with E-state index in [1.807, 2.05) is 20.8 Å². The number of hydrogen-bond acceptors (Lipinski definition) is 6. The zero-order valence-corrected chi connectivity index (χ0v) is 26.0. The van der Waals surface area contributed by atoms with E-state index in [0.717, 1.165) is 71.4 Å². The minimum Gasteiger partial charge on any atom is -0.487 e. The molecule has 3 atom stereocenters. The van der Waals surface area contributed by atoms with Crippen molar-refractivity contribution >= 4 is 6.16 Å². The van der Waals surface area contributed by atoms with Gasteiger partial charge in [-0.1, -0.05) is 72.6 Å². The molecule has 0 fully saturated rings. The Hall–Kier alpha value is -1.79. The van der Waals surface area contributed by atoms with E-state index in [2.05, 4.69) is 34.6 Å². The molecular weight excluding hydrogens is 492 g/mol. The van der Waals surface area contributed by atoms with Crippen LogP contribution in [0.25, 0.3) is 0 Å². The predicted molar refractivity (Wildman–Crippen MR) is 158 cm³/mol. The van der Waals surface area contributed by atoms with E-state index in [4.69, 9.17) is 14.2 Å². The molecule has 0 aromatic heterocycles. The summed E-state index contributed by atoms with van der Waals surface area (Å²) in [4.78, 5) is 12.3. The number of ether oxygens (including phenoxy) is 3.